The second kappa shape index (κ2) is 12.1. The number of nitrogens with zero attached hydrogens (tertiary/aromatic N) is 3. The van der Waals surface area contributed by atoms with Crippen molar-refractivity contribution in [2.45, 2.75) is 46.1 Å². The van der Waals surface area contributed by atoms with Crippen molar-refractivity contribution in [3.05, 3.63) is 60.3 Å². The Balaban J connectivity index is 1.58. The van der Waals surface area contributed by atoms with E-state index in [0.717, 1.165) is 35.4 Å². The molecule has 8 nitrogen and oxygen atoms in total. The fourth-order valence-corrected chi connectivity index (χ4v) is 4.38. The molecule has 0 unspecified atom stereocenters. The number of hydrogen-bond acceptors (Lipinski definition) is 5. The summed E-state index contributed by atoms with van der Waals surface area (Å²) in [6.45, 7) is 7.10. The van der Waals surface area contributed by atoms with E-state index < -0.39 is 0 Å². The number of imidazole rings is 1. The highest BCUT2D eigenvalue weighted by atomic mass is 16.5. The van der Waals surface area contributed by atoms with Gasteiger partial charge >= 0.3 is 0 Å². The average Bonchev–Trinajstić information content (AvgIpc) is 3.54. The van der Waals surface area contributed by atoms with Crippen LogP contribution in [0.3, 0.4) is 0 Å². The summed E-state index contributed by atoms with van der Waals surface area (Å²) in [6.07, 6.45) is 4.14. The van der Waals surface area contributed by atoms with Crippen molar-refractivity contribution in [2.75, 3.05) is 32.1 Å². The van der Waals surface area contributed by atoms with Gasteiger partial charge in [0.25, 0.3) is 0 Å². The summed E-state index contributed by atoms with van der Waals surface area (Å²) in [6, 6.07) is 15.6. The highest BCUT2D eigenvalue weighted by molar-refractivity contribution is 5.94. The smallest absolute Gasteiger partial charge is 0.246 e. The van der Waals surface area contributed by atoms with Gasteiger partial charge in [0, 0.05) is 37.0 Å². The molecule has 4 rings (SSSR count). The van der Waals surface area contributed by atoms with E-state index in [1.165, 1.54) is 0 Å². The summed E-state index contributed by atoms with van der Waals surface area (Å²) in [7, 11) is 1.63. The highest BCUT2D eigenvalue weighted by Gasteiger charge is 2.25. The molecule has 0 aliphatic carbocycles. The van der Waals surface area contributed by atoms with Crippen molar-refractivity contribution in [2.24, 2.45) is 5.92 Å². The molecule has 1 aliphatic rings. The Hall–Kier alpha value is -3.65. The number of benzene rings is 2. The van der Waals surface area contributed by atoms with Crippen molar-refractivity contribution in [3.63, 3.8) is 0 Å². The summed E-state index contributed by atoms with van der Waals surface area (Å²) in [5, 5.41) is 2.95. The van der Waals surface area contributed by atoms with Crippen LogP contribution in [-0.2, 0) is 14.3 Å². The standard InChI is InChI=1S/C29H36N4O4/c1-20(2)16-28(35)32(17-25-6-5-15-37-25)19-27(34)31-29-30-26(22-9-13-24(36-4)14-10-22)18-33(29)23-11-7-21(3)8-12-23/h7-14,18,20,25H,5-6,15-17,19H2,1-4H3,(H,30,31,34)/t25-/m1/s1. The summed E-state index contributed by atoms with van der Waals surface area (Å²) in [5.41, 5.74) is 3.62. The number of amides is 2. The third kappa shape index (κ3) is 6.98. The van der Waals surface area contributed by atoms with E-state index in [1.807, 2.05) is 80.1 Å². The predicted molar refractivity (Wildman–Crippen MR) is 144 cm³/mol. The maximum absolute atomic E-state index is 13.2. The van der Waals surface area contributed by atoms with E-state index in [4.69, 9.17) is 14.5 Å². The third-order valence-corrected chi connectivity index (χ3v) is 6.37. The minimum absolute atomic E-state index is 0.0277. The zero-order valence-corrected chi connectivity index (χ0v) is 22.1. The van der Waals surface area contributed by atoms with Gasteiger partial charge in [0.05, 0.1) is 18.9 Å². The Morgan fingerprint density at radius 3 is 2.51 bits per heavy atom. The van der Waals surface area contributed by atoms with Gasteiger partial charge in [-0.3, -0.25) is 19.5 Å². The van der Waals surface area contributed by atoms with E-state index in [2.05, 4.69) is 5.32 Å². The molecule has 0 spiro atoms. The van der Waals surface area contributed by atoms with Crippen LogP contribution >= 0.6 is 0 Å². The van der Waals surface area contributed by atoms with Crippen LogP contribution in [0, 0.1) is 12.8 Å². The van der Waals surface area contributed by atoms with Gasteiger partial charge in [0.1, 0.15) is 12.3 Å². The first kappa shape index (κ1) is 26.4. The summed E-state index contributed by atoms with van der Waals surface area (Å²) < 4.78 is 12.9. The maximum atomic E-state index is 13.2. The summed E-state index contributed by atoms with van der Waals surface area (Å²) >= 11 is 0. The molecule has 2 amide bonds. The molecule has 1 aliphatic heterocycles. The van der Waals surface area contributed by atoms with E-state index in [9.17, 15) is 9.59 Å². The Morgan fingerprint density at radius 2 is 1.89 bits per heavy atom. The van der Waals surface area contributed by atoms with Crippen LogP contribution < -0.4 is 10.1 Å². The van der Waals surface area contributed by atoms with Gasteiger partial charge in [0.2, 0.25) is 17.8 Å². The van der Waals surface area contributed by atoms with E-state index in [0.29, 0.717) is 31.2 Å². The Kier molecular flexibility index (Phi) is 8.61. The lowest BCUT2D eigenvalue weighted by atomic mass is 10.1. The van der Waals surface area contributed by atoms with Gasteiger partial charge < -0.3 is 14.4 Å². The number of methoxy groups -OCH3 is 1. The predicted octanol–water partition coefficient (Wildman–Crippen LogP) is 4.85. The summed E-state index contributed by atoms with van der Waals surface area (Å²) in [5.74, 6) is 1.02. The van der Waals surface area contributed by atoms with Crippen LogP contribution in [0.15, 0.2) is 54.7 Å². The van der Waals surface area contributed by atoms with E-state index in [-0.39, 0.29) is 30.4 Å². The molecule has 3 aromatic rings. The van der Waals surface area contributed by atoms with Gasteiger partial charge in [-0.25, -0.2) is 4.98 Å². The molecule has 1 N–H and O–H groups in total. The van der Waals surface area contributed by atoms with Crippen LogP contribution in [0.25, 0.3) is 16.9 Å². The number of aryl methyl sites for hydroxylation is 1. The molecular formula is C29H36N4O4. The van der Waals surface area contributed by atoms with Crippen molar-refractivity contribution >= 4 is 17.8 Å². The number of aromatic nitrogens is 2. The number of hydrogen-bond donors (Lipinski definition) is 1. The van der Waals surface area contributed by atoms with Crippen LogP contribution in [0.2, 0.25) is 0 Å². The number of nitrogens with one attached hydrogen (secondary N) is 1. The van der Waals surface area contributed by atoms with E-state index >= 15 is 0 Å². The number of ether oxygens (including phenoxy) is 2. The number of carbonyl (C=O) groups excluding carboxylic acids is 2. The minimum atomic E-state index is -0.296. The van der Waals surface area contributed by atoms with Gasteiger partial charge in [-0.05, 0) is 62.1 Å². The van der Waals surface area contributed by atoms with Crippen LogP contribution in [0.1, 0.15) is 38.7 Å². The third-order valence-electron chi connectivity index (χ3n) is 6.37. The molecule has 8 heteroatoms. The average molecular weight is 505 g/mol. The van der Waals surface area contributed by atoms with Gasteiger partial charge in [-0.2, -0.15) is 0 Å². The monoisotopic (exact) mass is 504 g/mol. The Labute approximate surface area is 218 Å². The second-order valence-corrected chi connectivity index (χ2v) is 9.94. The molecule has 1 saturated heterocycles. The van der Waals surface area contributed by atoms with Gasteiger partial charge in [0.15, 0.2) is 0 Å². The quantitative estimate of drug-likeness (QED) is 0.427. The Bertz CT molecular complexity index is 1200. The first-order chi connectivity index (χ1) is 17.8. The lowest BCUT2D eigenvalue weighted by Gasteiger charge is -2.25. The number of carbonyl (C=O) groups is 2. The SMILES string of the molecule is COc1ccc(-c2cn(-c3ccc(C)cc3)c(NC(=O)CN(C[C@H]3CCCO3)C(=O)CC(C)C)n2)cc1. The molecule has 37 heavy (non-hydrogen) atoms. The van der Waals surface area contributed by atoms with Crippen LogP contribution in [0.4, 0.5) is 5.95 Å². The van der Waals surface area contributed by atoms with E-state index in [1.54, 1.807) is 12.0 Å². The topological polar surface area (TPSA) is 85.7 Å². The normalized spacial score (nSPS) is 15.1. The number of rotatable bonds is 10. The first-order valence-corrected chi connectivity index (χ1v) is 12.8. The Morgan fingerprint density at radius 1 is 1.16 bits per heavy atom. The maximum Gasteiger partial charge on any atom is 0.246 e. The fourth-order valence-electron chi connectivity index (χ4n) is 4.38. The van der Waals surface area contributed by atoms with Crippen molar-refractivity contribution in [3.8, 4) is 22.7 Å². The van der Waals surface area contributed by atoms with Crippen LogP contribution in [0.5, 0.6) is 5.75 Å². The zero-order valence-electron chi connectivity index (χ0n) is 22.1. The fraction of sp³-hybridized carbons (Fsp3) is 0.414. The van der Waals surface area contributed by atoms with Crippen LogP contribution in [-0.4, -0.2) is 59.2 Å². The molecule has 0 radical (unpaired) electrons. The largest absolute Gasteiger partial charge is 0.497 e. The van der Waals surface area contributed by atoms with Crippen molar-refractivity contribution in [1.82, 2.24) is 14.5 Å². The molecule has 196 valence electrons. The highest BCUT2D eigenvalue weighted by Crippen LogP contribution is 2.26. The minimum Gasteiger partial charge on any atom is -0.497 e. The second-order valence-electron chi connectivity index (χ2n) is 9.94. The molecule has 1 aromatic heterocycles. The molecule has 2 heterocycles. The molecule has 1 fully saturated rings. The first-order valence-electron chi connectivity index (χ1n) is 12.8. The van der Waals surface area contributed by atoms with Crippen molar-refractivity contribution in [1.29, 1.82) is 0 Å². The van der Waals surface area contributed by atoms with Gasteiger partial charge in [-0.15, -0.1) is 0 Å². The molecular weight excluding hydrogens is 468 g/mol. The number of anilines is 1. The van der Waals surface area contributed by atoms with Crippen molar-refractivity contribution < 1.29 is 19.1 Å². The molecule has 1 atom stereocenters. The summed E-state index contributed by atoms with van der Waals surface area (Å²) in [4.78, 5) is 32.5. The molecule has 0 saturated carbocycles. The molecule has 0 bridgehead atoms. The lowest BCUT2D eigenvalue weighted by molar-refractivity contribution is -0.136. The van der Waals surface area contributed by atoms with Gasteiger partial charge in [-0.1, -0.05) is 31.5 Å². The molecule has 2 aromatic carbocycles. The lowest BCUT2D eigenvalue weighted by Crippen LogP contribution is -2.42. The zero-order chi connectivity index (χ0) is 26.4.